The molecule has 3 aromatic heterocycles. The van der Waals surface area contributed by atoms with Crippen LogP contribution in [0.5, 0.6) is 0 Å². The SMILES string of the molecule is c1ccc(-c2ccc(-c3nc(-c4ccccc4)nc(-c4cccc5sc6cc(-c7cccc(-c8nc9ccccc9s8)c7)ccc6c45)n3)cc2)cc1. The fourth-order valence-electron chi connectivity index (χ4n) is 6.80. The topological polar surface area (TPSA) is 51.6 Å². The Balaban J connectivity index is 1.07. The third-order valence-corrected chi connectivity index (χ3v) is 11.6. The summed E-state index contributed by atoms with van der Waals surface area (Å²) in [6, 6.07) is 59.3. The molecule has 10 aromatic rings. The monoisotopic (exact) mass is 700 g/mol. The highest BCUT2D eigenvalue weighted by atomic mass is 32.1. The predicted octanol–water partition coefficient (Wildman–Crippen LogP) is 12.9. The second-order valence-corrected chi connectivity index (χ2v) is 14.8. The second-order valence-electron chi connectivity index (χ2n) is 12.7. The molecule has 0 N–H and O–H groups in total. The minimum absolute atomic E-state index is 0.648. The van der Waals surface area contributed by atoms with Gasteiger partial charge >= 0.3 is 0 Å². The zero-order chi connectivity index (χ0) is 34.4. The molecule has 0 aliphatic rings. The number of hydrogen-bond donors (Lipinski definition) is 0. The summed E-state index contributed by atoms with van der Waals surface area (Å²) in [5.41, 5.74) is 9.74. The van der Waals surface area contributed by atoms with E-state index in [4.69, 9.17) is 19.9 Å². The summed E-state index contributed by atoms with van der Waals surface area (Å²) in [5, 5.41) is 3.39. The van der Waals surface area contributed by atoms with Crippen LogP contribution in [0.2, 0.25) is 0 Å². The van der Waals surface area contributed by atoms with Crippen LogP contribution in [0.1, 0.15) is 0 Å². The normalized spacial score (nSPS) is 11.5. The van der Waals surface area contributed by atoms with E-state index in [-0.39, 0.29) is 0 Å². The minimum Gasteiger partial charge on any atom is -0.236 e. The van der Waals surface area contributed by atoms with Gasteiger partial charge < -0.3 is 0 Å². The highest BCUT2D eigenvalue weighted by molar-refractivity contribution is 7.26. The Labute approximate surface area is 308 Å². The molecule has 0 atom stereocenters. The quantitative estimate of drug-likeness (QED) is 0.173. The minimum atomic E-state index is 0.648. The van der Waals surface area contributed by atoms with Crippen molar-refractivity contribution in [3.05, 3.63) is 170 Å². The van der Waals surface area contributed by atoms with Crippen molar-refractivity contribution < 1.29 is 0 Å². The lowest BCUT2D eigenvalue weighted by Gasteiger charge is -2.10. The van der Waals surface area contributed by atoms with Crippen LogP contribution in [-0.4, -0.2) is 19.9 Å². The van der Waals surface area contributed by atoms with Crippen molar-refractivity contribution >= 4 is 53.1 Å². The van der Waals surface area contributed by atoms with Crippen molar-refractivity contribution in [2.75, 3.05) is 0 Å². The Kier molecular flexibility index (Phi) is 7.48. The summed E-state index contributed by atoms with van der Waals surface area (Å²) in [5.74, 6) is 1.96. The number of hydrogen-bond acceptors (Lipinski definition) is 6. The summed E-state index contributed by atoms with van der Waals surface area (Å²) in [6.45, 7) is 0. The lowest BCUT2D eigenvalue weighted by atomic mass is 10.00. The van der Waals surface area contributed by atoms with Gasteiger partial charge in [0.1, 0.15) is 5.01 Å². The molecule has 0 bridgehead atoms. The van der Waals surface area contributed by atoms with Gasteiger partial charge in [0.15, 0.2) is 17.5 Å². The van der Waals surface area contributed by atoms with Crippen LogP contribution in [0.4, 0.5) is 0 Å². The molecular formula is C46H28N4S2. The van der Waals surface area contributed by atoms with Crippen LogP contribution in [0, 0.1) is 0 Å². The highest BCUT2D eigenvalue weighted by Crippen LogP contribution is 2.42. The van der Waals surface area contributed by atoms with Crippen molar-refractivity contribution in [2.24, 2.45) is 0 Å². The van der Waals surface area contributed by atoms with E-state index in [9.17, 15) is 0 Å². The Bertz CT molecular complexity index is 2860. The molecule has 0 aliphatic carbocycles. The average molecular weight is 701 g/mol. The number of para-hydroxylation sites is 1. The van der Waals surface area contributed by atoms with Crippen LogP contribution in [0.25, 0.3) is 97.4 Å². The lowest BCUT2D eigenvalue weighted by molar-refractivity contribution is 1.08. The predicted molar refractivity (Wildman–Crippen MR) is 219 cm³/mol. The number of benzene rings is 7. The van der Waals surface area contributed by atoms with E-state index < -0.39 is 0 Å². The van der Waals surface area contributed by atoms with Gasteiger partial charge in [-0.3, -0.25) is 0 Å². The molecule has 0 aliphatic heterocycles. The highest BCUT2D eigenvalue weighted by Gasteiger charge is 2.18. The maximum absolute atomic E-state index is 5.14. The van der Waals surface area contributed by atoms with Crippen LogP contribution in [0.3, 0.4) is 0 Å². The van der Waals surface area contributed by atoms with Gasteiger partial charge in [0, 0.05) is 42.4 Å². The van der Waals surface area contributed by atoms with Gasteiger partial charge in [0.25, 0.3) is 0 Å². The zero-order valence-corrected chi connectivity index (χ0v) is 29.4. The number of fused-ring (bicyclic) bond motifs is 4. The van der Waals surface area contributed by atoms with E-state index in [2.05, 4.69) is 140 Å². The molecule has 0 saturated heterocycles. The number of thiazole rings is 1. The van der Waals surface area contributed by atoms with E-state index in [0.717, 1.165) is 43.7 Å². The molecule has 6 heteroatoms. The van der Waals surface area contributed by atoms with E-state index in [1.807, 2.05) is 30.3 Å². The van der Waals surface area contributed by atoms with Crippen LogP contribution in [-0.2, 0) is 0 Å². The first kappa shape index (κ1) is 30.5. The van der Waals surface area contributed by atoms with Crippen LogP contribution < -0.4 is 0 Å². The fraction of sp³-hybridized carbons (Fsp3) is 0. The van der Waals surface area contributed by atoms with Crippen molar-refractivity contribution in [2.45, 2.75) is 0 Å². The molecule has 4 nitrogen and oxygen atoms in total. The van der Waals surface area contributed by atoms with E-state index in [1.54, 1.807) is 22.7 Å². The Morgan fingerprint density at radius 2 is 0.885 bits per heavy atom. The summed E-state index contributed by atoms with van der Waals surface area (Å²) in [7, 11) is 0. The molecule has 0 saturated carbocycles. The van der Waals surface area contributed by atoms with Gasteiger partial charge in [-0.1, -0.05) is 140 Å². The molecule has 0 spiro atoms. The van der Waals surface area contributed by atoms with Crippen molar-refractivity contribution in [3.8, 4) is 67.0 Å². The molecule has 0 fully saturated rings. The Morgan fingerprint density at radius 1 is 0.327 bits per heavy atom. The third kappa shape index (κ3) is 5.55. The molecular weight excluding hydrogens is 673 g/mol. The smallest absolute Gasteiger partial charge is 0.164 e. The Hall–Kier alpha value is -6.34. The number of thiophene rings is 1. The molecule has 244 valence electrons. The van der Waals surface area contributed by atoms with Gasteiger partial charge in [-0.05, 0) is 52.6 Å². The van der Waals surface area contributed by atoms with E-state index >= 15 is 0 Å². The number of rotatable bonds is 6. The second kappa shape index (κ2) is 12.8. The molecule has 3 heterocycles. The molecule has 52 heavy (non-hydrogen) atoms. The summed E-state index contributed by atoms with van der Waals surface area (Å²) >= 11 is 3.53. The number of aromatic nitrogens is 4. The third-order valence-electron chi connectivity index (χ3n) is 9.39. The van der Waals surface area contributed by atoms with E-state index in [0.29, 0.717) is 17.5 Å². The molecule has 0 unspecified atom stereocenters. The van der Waals surface area contributed by atoms with Gasteiger partial charge in [-0.2, -0.15) is 0 Å². The first-order valence-electron chi connectivity index (χ1n) is 17.1. The number of nitrogens with zero attached hydrogens (tertiary/aromatic N) is 4. The fourth-order valence-corrected chi connectivity index (χ4v) is 8.94. The van der Waals surface area contributed by atoms with Crippen molar-refractivity contribution in [3.63, 3.8) is 0 Å². The maximum atomic E-state index is 5.14. The molecule has 0 radical (unpaired) electrons. The maximum Gasteiger partial charge on any atom is 0.164 e. The summed E-state index contributed by atoms with van der Waals surface area (Å²) in [6.07, 6.45) is 0. The van der Waals surface area contributed by atoms with Crippen molar-refractivity contribution in [1.29, 1.82) is 0 Å². The standard InChI is InChI=1S/C46H28N4S2/c1-3-11-29(12-4-1)30-21-23-32(24-22-30)44-48-43(31-13-5-2-6-14-31)49-45(50-44)37-17-10-20-40-42(37)36-26-25-34(28-41(36)51-40)33-15-9-16-35(27-33)46-47-38-18-7-8-19-39(38)52-46/h1-28H. The van der Waals surface area contributed by atoms with Gasteiger partial charge in [-0.25, -0.2) is 19.9 Å². The van der Waals surface area contributed by atoms with Gasteiger partial charge in [0.2, 0.25) is 0 Å². The molecule has 7 aromatic carbocycles. The molecule has 0 amide bonds. The van der Waals surface area contributed by atoms with Crippen molar-refractivity contribution in [1.82, 2.24) is 19.9 Å². The Morgan fingerprint density at radius 3 is 1.67 bits per heavy atom. The molecule has 10 rings (SSSR count). The van der Waals surface area contributed by atoms with Crippen LogP contribution in [0.15, 0.2) is 170 Å². The first-order chi connectivity index (χ1) is 25.7. The first-order valence-corrected chi connectivity index (χ1v) is 18.8. The largest absolute Gasteiger partial charge is 0.236 e. The van der Waals surface area contributed by atoms with Crippen LogP contribution >= 0.6 is 22.7 Å². The average Bonchev–Trinajstić information content (AvgIpc) is 3.83. The lowest BCUT2D eigenvalue weighted by Crippen LogP contribution is -2.00. The van der Waals surface area contributed by atoms with Gasteiger partial charge in [0.05, 0.1) is 10.2 Å². The van der Waals surface area contributed by atoms with Gasteiger partial charge in [-0.15, -0.1) is 22.7 Å². The summed E-state index contributed by atoms with van der Waals surface area (Å²) < 4.78 is 3.62. The zero-order valence-electron chi connectivity index (χ0n) is 27.8. The summed E-state index contributed by atoms with van der Waals surface area (Å²) in [4.78, 5) is 20.1. The van der Waals surface area contributed by atoms with E-state index in [1.165, 1.54) is 36.2 Å².